The standard InChI is InChI=1S/C17H15N/c18-12-16-7-3-4-8-17(16)15-10-9-13-5-1-2-6-14(13)11-15/h1-11H,12,18H2. The van der Waals surface area contributed by atoms with E-state index in [0.29, 0.717) is 6.54 Å². The zero-order chi connectivity index (χ0) is 12.4. The first kappa shape index (κ1) is 11.0. The average Bonchev–Trinajstić information content (AvgIpc) is 2.46. The van der Waals surface area contributed by atoms with Gasteiger partial charge in [-0.25, -0.2) is 0 Å². The Kier molecular flexibility index (Phi) is 2.83. The van der Waals surface area contributed by atoms with Crippen molar-refractivity contribution in [1.29, 1.82) is 0 Å². The third-order valence-electron chi connectivity index (χ3n) is 3.30. The molecule has 0 aliphatic rings. The van der Waals surface area contributed by atoms with Crippen LogP contribution in [0.15, 0.2) is 66.7 Å². The molecule has 0 aliphatic heterocycles. The Balaban J connectivity index is 2.19. The van der Waals surface area contributed by atoms with E-state index in [9.17, 15) is 0 Å². The first-order valence-corrected chi connectivity index (χ1v) is 6.15. The van der Waals surface area contributed by atoms with Crippen molar-refractivity contribution in [3.63, 3.8) is 0 Å². The normalized spacial score (nSPS) is 10.7. The van der Waals surface area contributed by atoms with Crippen molar-refractivity contribution in [2.45, 2.75) is 6.54 Å². The summed E-state index contributed by atoms with van der Waals surface area (Å²) in [6.07, 6.45) is 0. The van der Waals surface area contributed by atoms with Gasteiger partial charge < -0.3 is 5.73 Å². The van der Waals surface area contributed by atoms with E-state index in [4.69, 9.17) is 5.73 Å². The summed E-state index contributed by atoms with van der Waals surface area (Å²) in [6.45, 7) is 0.572. The minimum absolute atomic E-state index is 0.572. The molecule has 88 valence electrons. The predicted octanol–water partition coefficient (Wildman–Crippen LogP) is 3.97. The van der Waals surface area contributed by atoms with Crippen molar-refractivity contribution in [3.8, 4) is 11.1 Å². The third kappa shape index (κ3) is 1.89. The fraction of sp³-hybridized carbons (Fsp3) is 0.0588. The SMILES string of the molecule is NCc1ccccc1-c1ccc2ccccc2c1. The fourth-order valence-electron chi connectivity index (χ4n) is 2.34. The molecule has 3 aromatic rings. The molecule has 0 atom stereocenters. The minimum Gasteiger partial charge on any atom is -0.326 e. The molecule has 0 aliphatic carbocycles. The molecule has 0 spiro atoms. The van der Waals surface area contributed by atoms with Crippen LogP contribution in [-0.2, 0) is 6.54 Å². The Morgan fingerprint density at radius 2 is 1.44 bits per heavy atom. The van der Waals surface area contributed by atoms with Gasteiger partial charge in [-0.2, -0.15) is 0 Å². The molecule has 0 bridgehead atoms. The molecule has 0 fully saturated rings. The Labute approximate surface area is 107 Å². The molecule has 0 saturated carbocycles. The molecule has 0 amide bonds. The number of nitrogens with two attached hydrogens (primary N) is 1. The van der Waals surface area contributed by atoms with Crippen molar-refractivity contribution in [2.75, 3.05) is 0 Å². The highest BCUT2D eigenvalue weighted by atomic mass is 14.5. The molecule has 1 heteroatoms. The highest BCUT2D eigenvalue weighted by Gasteiger charge is 2.03. The summed E-state index contributed by atoms with van der Waals surface area (Å²) >= 11 is 0. The van der Waals surface area contributed by atoms with Crippen LogP contribution in [-0.4, -0.2) is 0 Å². The van der Waals surface area contributed by atoms with E-state index in [0.717, 1.165) is 0 Å². The molecule has 0 heterocycles. The lowest BCUT2D eigenvalue weighted by atomic mass is 9.97. The van der Waals surface area contributed by atoms with Crippen molar-refractivity contribution < 1.29 is 0 Å². The molecular formula is C17H15N. The van der Waals surface area contributed by atoms with Crippen LogP contribution in [0.3, 0.4) is 0 Å². The Morgan fingerprint density at radius 3 is 2.28 bits per heavy atom. The van der Waals surface area contributed by atoms with E-state index < -0.39 is 0 Å². The van der Waals surface area contributed by atoms with Crippen LogP contribution in [0.5, 0.6) is 0 Å². The van der Waals surface area contributed by atoms with Crippen molar-refractivity contribution in [3.05, 3.63) is 72.3 Å². The first-order valence-electron chi connectivity index (χ1n) is 6.15. The second kappa shape index (κ2) is 4.63. The first-order chi connectivity index (χ1) is 8.88. The van der Waals surface area contributed by atoms with Crippen LogP contribution >= 0.6 is 0 Å². The predicted molar refractivity (Wildman–Crippen MR) is 77.3 cm³/mol. The lowest BCUT2D eigenvalue weighted by Gasteiger charge is -2.08. The molecular weight excluding hydrogens is 218 g/mol. The van der Waals surface area contributed by atoms with Gasteiger partial charge in [-0.1, -0.05) is 60.7 Å². The zero-order valence-corrected chi connectivity index (χ0v) is 10.1. The summed E-state index contributed by atoms with van der Waals surface area (Å²) in [5.41, 5.74) is 9.45. The highest BCUT2D eigenvalue weighted by molar-refractivity contribution is 5.87. The number of hydrogen-bond acceptors (Lipinski definition) is 1. The van der Waals surface area contributed by atoms with Gasteiger partial charge in [-0.3, -0.25) is 0 Å². The number of fused-ring (bicyclic) bond motifs is 1. The van der Waals surface area contributed by atoms with Gasteiger partial charge >= 0.3 is 0 Å². The van der Waals surface area contributed by atoms with E-state index in [-0.39, 0.29) is 0 Å². The quantitative estimate of drug-likeness (QED) is 0.712. The smallest absolute Gasteiger partial charge is 0.0184 e. The maximum atomic E-state index is 5.80. The summed E-state index contributed by atoms with van der Waals surface area (Å²) in [5.74, 6) is 0. The summed E-state index contributed by atoms with van der Waals surface area (Å²) in [5, 5.41) is 2.54. The van der Waals surface area contributed by atoms with Gasteiger partial charge in [0.15, 0.2) is 0 Å². The van der Waals surface area contributed by atoms with E-state index in [1.54, 1.807) is 0 Å². The van der Waals surface area contributed by atoms with Gasteiger partial charge in [0.1, 0.15) is 0 Å². The van der Waals surface area contributed by atoms with Gasteiger partial charge in [-0.05, 0) is 33.5 Å². The molecule has 18 heavy (non-hydrogen) atoms. The van der Waals surface area contributed by atoms with Crippen molar-refractivity contribution >= 4 is 10.8 Å². The van der Waals surface area contributed by atoms with Crippen LogP contribution in [0, 0.1) is 0 Å². The van der Waals surface area contributed by atoms with Crippen LogP contribution < -0.4 is 5.73 Å². The lowest BCUT2D eigenvalue weighted by molar-refractivity contribution is 1.07. The van der Waals surface area contributed by atoms with Gasteiger partial charge in [0, 0.05) is 6.54 Å². The second-order valence-electron chi connectivity index (χ2n) is 4.42. The molecule has 2 N–H and O–H groups in total. The van der Waals surface area contributed by atoms with Crippen LogP contribution in [0.1, 0.15) is 5.56 Å². The molecule has 0 unspecified atom stereocenters. The van der Waals surface area contributed by atoms with Gasteiger partial charge in [0.2, 0.25) is 0 Å². The maximum Gasteiger partial charge on any atom is 0.0184 e. The third-order valence-corrected chi connectivity index (χ3v) is 3.30. The lowest BCUT2D eigenvalue weighted by Crippen LogP contribution is -1.98. The van der Waals surface area contributed by atoms with E-state index >= 15 is 0 Å². The molecule has 3 aromatic carbocycles. The van der Waals surface area contributed by atoms with Crippen molar-refractivity contribution in [1.82, 2.24) is 0 Å². The molecule has 3 rings (SSSR count). The fourth-order valence-corrected chi connectivity index (χ4v) is 2.34. The van der Waals surface area contributed by atoms with Gasteiger partial charge in [-0.15, -0.1) is 0 Å². The maximum absolute atomic E-state index is 5.80. The summed E-state index contributed by atoms with van der Waals surface area (Å²) in [6, 6.07) is 23.3. The molecule has 0 radical (unpaired) electrons. The van der Waals surface area contributed by atoms with E-state index in [2.05, 4.69) is 60.7 Å². The second-order valence-corrected chi connectivity index (χ2v) is 4.42. The summed E-state index contributed by atoms with van der Waals surface area (Å²) in [7, 11) is 0. The van der Waals surface area contributed by atoms with Crippen LogP contribution in [0.2, 0.25) is 0 Å². The van der Waals surface area contributed by atoms with Crippen LogP contribution in [0.4, 0.5) is 0 Å². The monoisotopic (exact) mass is 233 g/mol. The minimum atomic E-state index is 0.572. The average molecular weight is 233 g/mol. The topological polar surface area (TPSA) is 26.0 Å². The Bertz CT molecular complexity index is 686. The molecule has 0 aromatic heterocycles. The highest BCUT2D eigenvalue weighted by Crippen LogP contribution is 2.26. The van der Waals surface area contributed by atoms with E-state index in [1.165, 1.54) is 27.5 Å². The molecule has 0 saturated heterocycles. The largest absolute Gasteiger partial charge is 0.326 e. The zero-order valence-electron chi connectivity index (χ0n) is 10.1. The number of hydrogen-bond donors (Lipinski definition) is 1. The van der Waals surface area contributed by atoms with Crippen LogP contribution in [0.25, 0.3) is 21.9 Å². The van der Waals surface area contributed by atoms with Gasteiger partial charge in [0.05, 0.1) is 0 Å². The number of benzene rings is 3. The van der Waals surface area contributed by atoms with Crippen molar-refractivity contribution in [2.24, 2.45) is 5.73 Å². The Hall–Kier alpha value is -2.12. The van der Waals surface area contributed by atoms with Gasteiger partial charge in [0.25, 0.3) is 0 Å². The van der Waals surface area contributed by atoms with E-state index in [1.807, 2.05) is 6.07 Å². The Morgan fingerprint density at radius 1 is 0.722 bits per heavy atom. The summed E-state index contributed by atoms with van der Waals surface area (Å²) in [4.78, 5) is 0. The summed E-state index contributed by atoms with van der Waals surface area (Å²) < 4.78 is 0. The number of rotatable bonds is 2. The molecule has 1 nitrogen and oxygen atoms in total.